The lowest BCUT2D eigenvalue weighted by Crippen LogP contribution is -2.29. The Morgan fingerprint density at radius 1 is 0.857 bits per heavy atom. The number of aryl methyl sites for hydroxylation is 2. The molecule has 0 aliphatic rings. The zero-order chi connectivity index (χ0) is 24.1. The van der Waals surface area contributed by atoms with E-state index in [1.807, 2.05) is 13.8 Å². The number of fused-ring (bicyclic) bond motifs is 7. The van der Waals surface area contributed by atoms with Gasteiger partial charge >= 0.3 is 0 Å². The Morgan fingerprint density at radius 2 is 1.60 bits per heavy atom. The fourth-order valence-corrected chi connectivity index (χ4v) is 6.28. The van der Waals surface area contributed by atoms with Gasteiger partial charge in [0.1, 0.15) is 7.05 Å². The van der Waals surface area contributed by atoms with E-state index in [2.05, 4.69) is 101 Å². The predicted octanol–water partition coefficient (Wildman–Crippen LogP) is 7.52. The lowest BCUT2D eigenvalue weighted by molar-refractivity contribution is -0.643. The molecule has 0 aliphatic carbocycles. The third-order valence-electron chi connectivity index (χ3n) is 7.81. The minimum atomic E-state index is -0.457. The Labute approximate surface area is 204 Å². The summed E-state index contributed by atoms with van der Waals surface area (Å²) in [5, 5.41) is 8.96. The largest absolute Gasteiger partial charge is 0.311 e. The average molecular weight is 453 g/mol. The molecule has 168 valence electrons. The van der Waals surface area contributed by atoms with Crippen molar-refractivity contribution in [1.29, 1.82) is 0 Å². The van der Waals surface area contributed by atoms with Gasteiger partial charge in [0.25, 0.3) is 0 Å². The minimum Gasteiger partial charge on any atom is -0.311 e. The highest BCUT2D eigenvalue weighted by Crippen LogP contribution is 2.44. The number of para-hydroxylation sites is 1. The van der Waals surface area contributed by atoms with Gasteiger partial charge in [0, 0.05) is 30.7 Å². The molecule has 3 heteroatoms. The molecule has 4 aromatic carbocycles. The van der Waals surface area contributed by atoms with E-state index >= 15 is 0 Å². The van der Waals surface area contributed by atoms with E-state index < -0.39 is 5.54 Å². The Morgan fingerprint density at radius 3 is 2.40 bits per heavy atom. The number of nitrogens with zero attached hydrogens (tertiary/aromatic N) is 3. The molecular formula is C32H26N3+. The van der Waals surface area contributed by atoms with E-state index in [1.54, 1.807) is 0 Å². The van der Waals surface area contributed by atoms with Gasteiger partial charge in [0.2, 0.25) is 11.1 Å². The summed E-state index contributed by atoms with van der Waals surface area (Å²) in [5.74, 6) is 0. The summed E-state index contributed by atoms with van der Waals surface area (Å²) >= 11 is 0. The molecule has 0 saturated heterocycles. The third kappa shape index (κ3) is 2.57. The quantitative estimate of drug-likeness (QED) is 0.111. The highest BCUT2D eigenvalue weighted by atomic mass is 15.0. The van der Waals surface area contributed by atoms with E-state index in [0.717, 1.165) is 6.42 Å². The maximum atomic E-state index is 7.78. The minimum absolute atomic E-state index is 0.457. The lowest BCUT2D eigenvalue weighted by atomic mass is 9.89. The van der Waals surface area contributed by atoms with Crippen LogP contribution < -0.4 is 4.57 Å². The SMILES string of the molecule is [C-]#[N+]C(C)(C)Cc1cc2cc[n+](C)c3c4c(C)c5ccccc5cc4n4c5ccccc5c1c4c23. The molecule has 7 aromatic rings. The van der Waals surface area contributed by atoms with Gasteiger partial charge in [-0.05, 0) is 52.4 Å². The molecule has 0 radical (unpaired) electrons. The van der Waals surface area contributed by atoms with Crippen molar-refractivity contribution < 1.29 is 4.57 Å². The second-order valence-corrected chi connectivity index (χ2v) is 10.6. The molecule has 0 N–H and O–H groups in total. The monoisotopic (exact) mass is 452 g/mol. The van der Waals surface area contributed by atoms with Crippen molar-refractivity contribution in [3.8, 4) is 0 Å². The fourth-order valence-electron chi connectivity index (χ4n) is 6.28. The van der Waals surface area contributed by atoms with Crippen LogP contribution in [0.15, 0.2) is 72.9 Å². The molecule has 35 heavy (non-hydrogen) atoms. The molecular weight excluding hydrogens is 426 g/mol. The molecule has 0 unspecified atom stereocenters. The molecule has 3 nitrogen and oxygen atoms in total. The molecule has 0 aliphatic heterocycles. The van der Waals surface area contributed by atoms with Crippen molar-refractivity contribution in [3.05, 3.63) is 95.5 Å². The normalized spacial score (nSPS) is 12.7. The molecule has 0 saturated carbocycles. The molecule has 0 fully saturated rings. The number of benzene rings is 4. The number of rotatable bonds is 2. The van der Waals surface area contributed by atoms with Crippen LogP contribution in [0.1, 0.15) is 25.0 Å². The van der Waals surface area contributed by atoms with Gasteiger partial charge in [-0.3, -0.25) is 0 Å². The Bertz CT molecular complexity index is 2030. The number of hydrogen-bond acceptors (Lipinski definition) is 0. The van der Waals surface area contributed by atoms with E-state index in [9.17, 15) is 0 Å². The van der Waals surface area contributed by atoms with E-state index in [0.29, 0.717) is 0 Å². The molecule has 7 rings (SSSR count). The van der Waals surface area contributed by atoms with E-state index in [4.69, 9.17) is 6.57 Å². The van der Waals surface area contributed by atoms with Gasteiger partial charge in [0.15, 0.2) is 6.20 Å². The zero-order valence-corrected chi connectivity index (χ0v) is 20.5. The number of aromatic nitrogens is 2. The highest BCUT2D eigenvalue weighted by Gasteiger charge is 2.30. The third-order valence-corrected chi connectivity index (χ3v) is 7.81. The first-order valence-electron chi connectivity index (χ1n) is 12.2. The smallest absolute Gasteiger partial charge is 0.231 e. The first kappa shape index (κ1) is 20.2. The van der Waals surface area contributed by atoms with Crippen molar-refractivity contribution in [2.75, 3.05) is 0 Å². The van der Waals surface area contributed by atoms with Gasteiger partial charge in [0.05, 0.1) is 33.7 Å². The van der Waals surface area contributed by atoms with Crippen LogP contribution in [-0.2, 0) is 13.5 Å². The molecule has 0 bridgehead atoms. The van der Waals surface area contributed by atoms with Crippen LogP contribution in [0.25, 0.3) is 64.6 Å². The van der Waals surface area contributed by atoms with Gasteiger partial charge in [-0.2, -0.15) is 0 Å². The first-order valence-corrected chi connectivity index (χ1v) is 12.2. The highest BCUT2D eigenvalue weighted by molar-refractivity contribution is 6.29. The fraction of sp³-hybridized carbons (Fsp3) is 0.188. The molecule has 3 aromatic heterocycles. The summed E-state index contributed by atoms with van der Waals surface area (Å²) in [6, 6.07) is 24.4. The Kier molecular flexibility index (Phi) is 3.88. The van der Waals surface area contributed by atoms with Crippen LogP contribution in [0.2, 0.25) is 0 Å². The van der Waals surface area contributed by atoms with Crippen LogP contribution in [0.3, 0.4) is 0 Å². The van der Waals surface area contributed by atoms with Crippen LogP contribution >= 0.6 is 0 Å². The topological polar surface area (TPSA) is 12.7 Å². The average Bonchev–Trinajstić information content (AvgIpc) is 3.21. The maximum absolute atomic E-state index is 7.78. The lowest BCUT2D eigenvalue weighted by Gasteiger charge is -2.17. The number of pyridine rings is 2. The Balaban J connectivity index is 1.86. The molecule has 0 atom stereocenters. The van der Waals surface area contributed by atoms with E-state index in [-0.39, 0.29) is 0 Å². The maximum Gasteiger partial charge on any atom is 0.231 e. The van der Waals surface area contributed by atoms with Crippen LogP contribution in [0, 0.1) is 13.5 Å². The second kappa shape index (κ2) is 6.71. The Hall–Kier alpha value is -4.16. The van der Waals surface area contributed by atoms with Gasteiger partial charge in [-0.1, -0.05) is 42.5 Å². The van der Waals surface area contributed by atoms with Crippen molar-refractivity contribution in [1.82, 2.24) is 4.40 Å². The summed E-state index contributed by atoms with van der Waals surface area (Å²) in [7, 11) is 2.16. The van der Waals surface area contributed by atoms with Crippen molar-refractivity contribution >= 4 is 59.8 Å². The summed E-state index contributed by atoms with van der Waals surface area (Å²) in [5.41, 5.74) is 7.13. The second-order valence-electron chi connectivity index (χ2n) is 10.6. The zero-order valence-electron chi connectivity index (χ0n) is 20.5. The van der Waals surface area contributed by atoms with Gasteiger partial charge in [-0.25, -0.2) is 11.1 Å². The predicted molar refractivity (Wildman–Crippen MR) is 146 cm³/mol. The van der Waals surface area contributed by atoms with Crippen molar-refractivity contribution in [2.45, 2.75) is 32.7 Å². The van der Waals surface area contributed by atoms with Crippen molar-refractivity contribution in [3.63, 3.8) is 0 Å². The van der Waals surface area contributed by atoms with E-state index in [1.165, 1.54) is 70.9 Å². The standard InChI is InChI=1S/C32H26N3/c1-19-23-11-7-6-10-20(23)17-26-27(19)30-29-21(14-15-34(30)5)16-22(18-32(2,3)33-4)28-24-12-8-9-13-25(24)35(26)31(28)29/h6-17H,18H2,1-3,5H3/q+1. The molecule has 0 spiro atoms. The van der Waals surface area contributed by atoms with Crippen LogP contribution in [-0.4, -0.2) is 9.94 Å². The number of hydrogen-bond donors (Lipinski definition) is 0. The van der Waals surface area contributed by atoms with Crippen molar-refractivity contribution in [2.24, 2.45) is 7.05 Å². The van der Waals surface area contributed by atoms with Crippen LogP contribution in [0.4, 0.5) is 0 Å². The summed E-state index contributed by atoms with van der Waals surface area (Å²) < 4.78 is 4.77. The van der Waals surface area contributed by atoms with Gasteiger partial charge < -0.3 is 9.25 Å². The van der Waals surface area contributed by atoms with Crippen LogP contribution in [0.5, 0.6) is 0 Å². The molecule has 0 amide bonds. The first-order chi connectivity index (χ1) is 16.9. The van der Waals surface area contributed by atoms with Gasteiger partial charge in [-0.15, -0.1) is 0 Å². The summed E-state index contributed by atoms with van der Waals surface area (Å²) in [4.78, 5) is 3.96. The summed E-state index contributed by atoms with van der Waals surface area (Å²) in [6.45, 7) is 14.1. The molecule has 3 heterocycles. The summed E-state index contributed by atoms with van der Waals surface area (Å²) in [6.07, 6.45) is 2.90.